The van der Waals surface area contributed by atoms with E-state index in [2.05, 4.69) is 4.98 Å². The highest BCUT2D eigenvalue weighted by Crippen LogP contribution is 2.41. The quantitative estimate of drug-likeness (QED) is 0.848. The van der Waals surface area contributed by atoms with Gasteiger partial charge in [-0.2, -0.15) is 0 Å². The summed E-state index contributed by atoms with van der Waals surface area (Å²) in [4.78, 5) is 19.0. The number of fused-ring (bicyclic) bond motifs is 1. The summed E-state index contributed by atoms with van der Waals surface area (Å²) in [7, 11) is 0. The van der Waals surface area contributed by atoms with E-state index < -0.39 is 0 Å². The molecule has 2 aliphatic heterocycles. The fraction of sp³-hybridized carbons (Fsp3) is 0.444. The number of benzene rings is 1. The van der Waals surface area contributed by atoms with Crippen molar-refractivity contribution in [2.24, 2.45) is 5.92 Å². The lowest BCUT2D eigenvalue weighted by molar-refractivity contribution is -0.00448. The Bertz CT molecular complexity index is 701. The molecule has 1 aromatic carbocycles. The van der Waals surface area contributed by atoms with Crippen molar-refractivity contribution in [3.05, 3.63) is 52.0 Å². The first-order valence-corrected chi connectivity index (χ1v) is 8.99. The molecule has 0 bridgehead atoms. The molecule has 0 unspecified atom stereocenters. The number of aromatic nitrogens is 1. The molecular formula is C18H20N2O2S. The van der Waals surface area contributed by atoms with Gasteiger partial charge < -0.3 is 9.64 Å². The summed E-state index contributed by atoms with van der Waals surface area (Å²) in [6.45, 7) is 3.53. The molecule has 2 saturated heterocycles. The normalized spacial score (nSPS) is 27.0. The monoisotopic (exact) mass is 328 g/mol. The van der Waals surface area contributed by atoms with Crippen LogP contribution in [0.5, 0.6) is 0 Å². The fourth-order valence-corrected chi connectivity index (χ4v) is 4.31. The van der Waals surface area contributed by atoms with Gasteiger partial charge in [0.05, 0.1) is 6.10 Å². The van der Waals surface area contributed by atoms with Gasteiger partial charge in [-0.05, 0) is 37.8 Å². The van der Waals surface area contributed by atoms with Crippen molar-refractivity contribution in [3.63, 3.8) is 0 Å². The summed E-state index contributed by atoms with van der Waals surface area (Å²) >= 11 is 1.65. The van der Waals surface area contributed by atoms with Crippen molar-refractivity contribution in [2.75, 3.05) is 13.1 Å². The Morgan fingerprint density at radius 3 is 3.13 bits per heavy atom. The number of carbonyl (C=O) groups excluding carboxylic acids is 1. The fourth-order valence-electron chi connectivity index (χ4n) is 3.63. The van der Waals surface area contributed by atoms with E-state index in [1.165, 1.54) is 0 Å². The smallest absolute Gasteiger partial charge is 0.253 e. The Morgan fingerprint density at radius 2 is 2.35 bits per heavy atom. The van der Waals surface area contributed by atoms with Gasteiger partial charge in [0.15, 0.2) is 0 Å². The average Bonchev–Trinajstić information content (AvgIpc) is 3.22. The molecular weight excluding hydrogens is 308 g/mol. The highest BCUT2D eigenvalue weighted by molar-refractivity contribution is 7.09. The van der Waals surface area contributed by atoms with Crippen LogP contribution < -0.4 is 0 Å². The first-order chi connectivity index (χ1) is 11.2. The average molecular weight is 328 g/mol. The van der Waals surface area contributed by atoms with Crippen molar-refractivity contribution in [3.8, 4) is 0 Å². The van der Waals surface area contributed by atoms with Gasteiger partial charge in [-0.1, -0.05) is 17.7 Å². The maximum Gasteiger partial charge on any atom is 0.253 e. The van der Waals surface area contributed by atoms with E-state index in [1.54, 1.807) is 11.3 Å². The van der Waals surface area contributed by atoms with E-state index in [1.807, 2.05) is 47.7 Å². The van der Waals surface area contributed by atoms with Gasteiger partial charge in [0.1, 0.15) is 11.1 Å². The number of ether oxygens (including phenoxy) is 1. The molecule has 2 fully saturated rings. The number of amides is 1. The van der Waals surface area contributed by atoms with Crippen LogP contribution in [-0.4, -0.2) is 35.0 Å². The van der Waals surface area contributed by atoms with Gasteiger partial charge in [0.2, 0.25) is 0 Å². The van der Waals surface area contributed by atoms with E-state index in [0.717, 1.165) is 35.5 Å². The molecule has 3 heterocycles. The highest BCUT2D eigenvalue weighted by atomic mass is 32.1. The van der Waals surface area contributed by atoms with Crippen molar-refractivity contribution in [1.82, 2.24) is 9.88 Å². The molecule has 120 valence electrons. The van der Waals surface area contributed by atoms with E-state index >= 15 is 0 Å². The Labute approximate surface area is 140 Å². The van der Waals surface area contributed by atoms with Crippen LogP contribution in [0.3, 0.4) is 0 Å². The number of hydrogen-bond donors (Lipinski definition) is 0. The van der Waals surface area contributed by atoms with Crippen LogP contribution in [0.1, 0.15) is 39.9 Å². The second-order valence-corrected chi connectivity index (χ2v) is 7.36. The third-order valence-corrected chi connectivity index (χ3v) is 5.70. The first kappa shape index (κ1) is 14.8. The topological polar surface area (TPSA) is 42.4 Å². The molecule has 5 heteroatoms. The van der Waals surface area contributed by atoms with Gasteiger partial charge in [0.25, 0.3) is 5.91 Å². The van der Waals surface area contributed by atoms with Crippen LogP contribution in [0.4, 0.5) is 0 Å². The molecule has 1 amide bonds. The Balaban J connectivity index is 1.45. The second-order valence-electron chi connectivity index (χ2n) is 6.44. The number of rotatable bonds is 2. The molecule has 0 spiro atoms. The Hall–Kier alpha value is -1.72. The summed E-state index contributed by atoms with van der Waals surface area (Å²) in [5.41, 5.74) is 1.89. The highest BCUT2D eigenvalue weighted by Gasteiger charge is 2.41. The van der Waals surface area contributed by atoms with E-state index in [4.69, 9.17) is 4.74 Å². The van der Waals surface area contributed by atoms with Crippen molar-refractivity contribution in [2.45, 2.75) is 32.0 Å². The minimum absolute atomic E-state index is 0.110. The summed E-state index contributed by atoms with van der Waals surface area (Å²) < 4.78 is 6.20. The predicted octanol–water partition coefficient (Wildman–Crippen LogP) is 3.44. The number of piperidine rings is 1. The van der Waals surface area contributed by atoms with Gasteiger partial charge in [-0.25, -0.2) is 4.98 Å². The van der Waals surface area contributed by atoms with Crippen molar-refractivity contribution < 1.29 is 9.53 Å². The van der Waals surface area contributed by atoms with E-state index in [9.17, 15) is 4.79 Å². The zero-order valence-corrected chi connectivity index (χ0v) is 14.0. The summed E-state index contributed by atoms with van der Waals surface area (Å²) in [5.74, 6) is 0.666. The molecule has 3 atom stereocenters. The molecule has 4 rings (SSSR count). The molecule has 0 saturated carbocycles. The molecule has 0 aliphatic carbocycles. The SMILES string of the molecule is Cc1cccc(C(=O)N2CC[C@@H]3C[C@H](c4nccs4)O[C@H]3C2)c1. The minimum atomic E-state index is 0.110. The molecule has 2 aromatic rings. The zero-order valence-electron chi connectivity index (χ0n) is 13.1. The molecule has 0 radical (unpaired) electrons. The lowest BCUT2D eigenvalue weighted by Gasteiger charge is -2.34. The predicted molar refractivity (Wildman–Crippen MR) is 89.5 cm³/mol. The third kappa shape index (κ3) is 2.91. The first-order valence-electron chi connectivity index (χ1n) is 8.11. The number of aryl methyl sites for hydroxylation is 1. The van der Waals surface area contributed by atoms with Crippen LogP contribution in [0, 0.1) is 12.8 Å². The number of thiazole rings is 1. The van der Waals surface area contributed by atoms with Gasteiger partial charge in [0, 0.05) is 30.2 Å². The lowest BCUT2D eigenvalue weighted by atomic mass is 9.91. The van der Waals surface area contributed by atoms with Crippen LogP contribution in [0.25, 0.3) is 0 Å². The van der Waals surface area contributed by atoms with Crippen LogP contribution in [-0.2, 0) is 4.74 Å². The third-order valence-electron chi connectivity index (χ3n) is 4.83. The van der Waals surface area contributed by atoms with Crippen molar-refractivity contribution >= 4 is 17.2 Å². The maximum atomic E-state index is 12.7. The zero-order chi connectivity index (χ0) is 15.8. The van der Waals surface area contributed by atoms with Crippen LogP contribution >= 0.6 is 11.3 Å². The molecule has 1 aromatic heterocycles. The van der Waals surface area contributed by atoms with Gasteiger partial charge in [-0.3, -0.25) is 4.79 Å². The van der Waals surface area contributed by atoms with E-state index in [0.29, 0.717) is 12.5 Å². The van der Waals surface area contributed by atoms with Crippen LogP contribution in [0.15, 0.2) is 35.8 Å². The molecule has 23 heavy (non-hydrogen) atoms. The Morgan fingerprint density at radius 1 is 1.43 bits per heavy atom. The second kappa shape index (κ2) is 6.06. The lowest BCUT2D eigenvalue weighted by Crippen LogP contribution is -2.45. The standard InChI is InChI=1S/C18H20N2O2S/c1-12-3-2-4-14(9-12)18(21)20-7-5-13-10-15(22-16(13)11-20)17-19-6-8-23-17/h2-4,6,8-9,13,15-16H,5,7,10-11H2,1H3/t13-,15-,16+/m1/s1. The number of nitrogens with zero attached hydrogens (tertiary/aromatic N) is 2. The summed E-state index contributed by atoms with van der Waals surface area (Å²) in [6.07, 6.45) is 4.14. The van der Waals surface area contributed by atoms with Gasteiger partial charge >= 0.3 is 0 Å². The largest absolute Gasteiger partial charge is 0.366 e. The molecule has 4 nitrogen and oxygen atoms in total. The minimum Gasteiger partial charge on any atom is -0.366 e. The Kier molecular flexibility index (Phi) is 3.91. The van der Waals surface area contributed by atoms with Gasteiger partial charge in [-0.15, -0.1) is 11.3 Å². The molecule has 2 aliphatic rings. The number of hydrogen-bond acceptors (Lipinski definition) is 4. The molecule has 0 N–H and O–H groups in total. The number of likely N-dealkylation sites (tertiary alicyclic amines) is 1. The van der Waals surface area contributed by atoms with E-state index in [-0.39, 0.29) is 18.1 Å². The van der Waals surface area contributed by atoms with Crippen molar-refractivity contribution in [1.29, 1.82) is 0 Å². The van der Waals surface area contributed by atoms with Crippen LogP contribution in [0.2, 0.25) is 0 Å². The maximum absolute atomic E-state index is 12.7. The summed E-state index contributed by atoms with van der Waals surface area (Å²) in [6, 6.07) is 7.82. The summed E-state index contributed by atoms with van der Waals surface area (Å²) in [5, 5.41) is 3.06. The number of carbonyl (C=O) groups is 1.